The third kappa shape index (κ3) is 4.38. The van der Waals surface area contributed by atoms with Crippen LogP contribution in [0.4, 0.5) is 0 Å². The summed E-state index contributed by atoms with van der Waals surface area (Å²) in [6, 6.07) is 13.6. The molecule has 0 aliphatic heterocycles. The van der Waals surface area contributed by atoms with Gasteiger partial charge in [-0.25, -0.2) is 4.79 Å². The monoisotopic (exact) mass is 414 g/mol. The lowest BCUT2D eigenvalue weighted by molar-refractivity contribution is 0.0525. The Morgan fingerprint density at radius 1 is 1.14 bits per heavy atom. The summed E-state index contributed by atoms with van der Waals surface area (Å²) in [6.07, 6.45) is 0. The minimum Gasteiger partial charge on any atom is -0.497 e. The van der Waals surface area contributed by atoms with Crippen LogP contribution in [0.1, 0.15) is 17.3 Å². The highest BCUT2D eigenvalue weighted by molar-refractivity contribution is 14.1. The van der Waals surface area contributed by atoms with Crippen LogP contribution in [0.3, 0.4) is 0 Å². The zero-order valence-corrected chi connectivity index (χ0v) is 14.7. The summed E-state index contributed by atoms with van der Waals surface area (Å²) in [5.41, 5.74) is 0.607. The fourth-order valence-electron chi connectivity index (χ4n) is 1.71. The largest absolute Gasteiger partial charge is 0.497 e. The molecular weight excluding hydrogens is 399 g/mol. The van der Waals surface area contributed by atoms with Gasteiger partial charge in [-0.1, -0.05) is 11.8 Å². The number of ether oxygens (including phenoxy) is 2. The highest BCUT2D eigenvalue weighted by atomic mass is 127. The van der Waals surface area contributed by atoms with Crippen molar-refractivity contribution in [2.45, 2.75) is 16.7 Å². The van der Waals surface area contributed by atoms with Crippen LogP contribution in [0.2, 0.25) is 0 Å². The summed E-state index contributed by atoms with van der Waals surface area (Å²) in [4.78, 5) is 14.0. The van der Waals surface area contributed by atoms with Crippen molar-refractivity contribution in [3.63, 3.8) is 0 Å². The van der Waals surface area contributed by atoms with Crippen LogP contribution >= 0.6 is 34.4 Å². The molecule has 0 fully saturated rings. The predicted octanol–water partition coefficient (Wildman–Crippen LogP) is 4.63. The molecule has 0 amide bonds. The molecule has 3 nitrogen and oxygen atoms in total. The van der Waals surface area contributed by atoms with Crippen molar-refractivity contribution < 1.29 is 14.3 Å². The number of methoxy groups -OCH3 is 1. The fourth-order valence-corrected chi connectivity index (χ4v) is 3.13. The first-order valence-electron chi connectivity index (χ1n) is 6.42. The molecule has 0 saturated carbocycles. The van der Waals surface area contributed by atoms with Gasteiger partial charge in [-0.05, 0) is 72.0 Å². The number of carbonyl (C=O) groups excluding carboxylic acids is 1. The second-order valence-corrected chi connectivity index (χ2v) is 6.45. The van der Waals surface area contributed by atoms with Gasteiger partial charge in [0.1, 0.15) is 5.75 Å². The van der Waals surface area contributed by atoms with Gasteiger partial charge in [0.25, 0.3) is 0 Å². The molecule has 0 N–H and O–H groups in total. The zero-order valence-electron chi connectivity index (χ0n) is 11.8. The normalized spacial score (nSPS) is 10.2. The van der Waals surface area contributed by atoms with E-state index >= 15 is 0 Å². The average Bonchev–Trinajstić information content (AvgIpc) is 2.50. The Labute approximate surface area is 142 Å². The van der Waals surface area contributed by atoms with Crippen molar-refractivity contribution >= 4 is 40.3 Å². The topological polar surface area (TPSA) is 35.5 Å². The lowest BCUT2D eigenvalue weighted by Gasteiger charge is -2.08. The first-order valence-corrected chi connectivity index (χ1v) is 8.32. The molecule has 2 rings (SSSR count). The molecule has 0 unspecified atom stereocenters. The summed E-state index contributed by atoms with van der Waals surface area (Å²) in [5, 5.41) is 0. The van der Waals surface area contributed by atoms with E-state index in [4.69, 9.17) is 9.47 Å². The molecule has 5 heteroatoms. The maximum atomic E-state index is 11.9. The number of benzene rings is 2. The van der Waals surface area contributed by atoms with Crippen LogP contribution in [0.5, 0.6) is 5.75 Å². The second-order valence-electron chi connectivity index (χ2n) is 4.14. The average molecular weight is 414 g/mol. The number of hydrogen-bond donors (Lipinski definition) is 0. The number of carbonyl (C=O) groups is 1. The van der Waals surface area contributed by atoms with Gasteiger partial charge in [0.2, 0.25) is 0 Å². The van der Waals surface area contributed by atoms with Crippen molar-refractivity contribution in [3.05, 3.63) is 51.6 Å². The molecule has 110 valence electrons. The SMILES string of the molecule is CCOC(=O)c1cc(Sc2ccc(OC)cc2)ccc1I. The van der Waals surface area contributed by atoms with Gasteiger partial charge in [-0.2, -0.15) is 0 Å². The van der Waals surface area contributed by atoms with Crippen molar-refractivity contribution in [2.75, 3.05) is 13.7 Å². The Hall–Kier alpha value is -1.21. The maximum absolute atomic E-state index is 11.9. The van der Waals surface area contributed by atoms with Gasteiger partial charge < -0.3 is 9.47 Å². The molecule has 0 atom stereocenters. The molecule has 2 aromatic rings. The van der Waals surface area contributed by atoms with Crippen LogP contribution in [0.15, 0.2) is 52.3 Å². The van der Waals surface area contributed by atoms with Gasteiger partial charge in [0.05, 0.1) is 19.3 Å². The van der Waals surface area contributed by atoms with Crippen molar-refractivity contribution in [2.24, 2.45) is 0 Å². The Kier molecular flexibility index (Phi) is 5.93. The van der Waals surface area contributed by atoms with Crippen LogP contribution in [0, 0.1) is 3.57 Å². The molecule has 2 aromatic carbocycles. The highest BCUT2D eigenvalue weighted by Crippen LogP contribution is 2.31. The molecule has 21 heavy (non-hydrogen) atoms. The molecule has 0 aliphatic rings. The lowest BCUT2D eigenvalue weighted by Crippen LogP contribution is -2.06. The van der Waals surface area contributed by atoms with Gasteiger partial charge in [-0.3, -0.25) is 0 Å². The van der Waals surface area contributed by atoms with E-state index in [1.165, 1.54) is 0 Å². The van der Waals surface area contributed by atoms with Gasteiger partial charge in [0.15, 0.2) is 0 Å². The Balaban J connectivity index is 2.20. The van der Waals surface area contributed by atoms with E-state index in [9.17, 15) is 4.79 Å². The van der Waals surface area contributed by atoms with E-state index in [2.05, 4.69) is 22.6 Å². The van der Waals surface area contributed by atoms with Crippen LogP contribution < -0.4 is 4.74 Å². The molecule has 0 aliphatic carbocycles. The van der Waals surface area contributed by atoms with E-state index < -0.39 is 0 Å². The van der Waals surface area contributed by atoms with E-state index in [-0.39, 0.29) is 5.97 Å². The summed E-state index contributed by atoms with van der Waals surface area (Å²) in [7, 11) is 1.65. The Bertz CT molecular complexity index is 626. The van der Waals surface area contributed by atoms with Gasteiger partial charge >= 0.3 is 5.97 Å². The van der Waals surface area contributed by atoms with E-state index in [0.717, 1.165) is 19.1 Å². The summed E-state index contributed by atoms with van der Waals surface area (Å²) in [5.74, 6) is 0.549. The Morgan fingerprint density at radius 2 is 1.81 bits per heavy atom. The smallest absolute Gasteiger partial charge is 0.339 e. The van der Waals surface area contributed by atoms with E-state index in [0.29, 0.717) is 12.2 Å². The van der Waals surface area contributed by atoms with Gasteiger partial charge in [0, 0.05) is 13.4 Å². The summed E-state index contributed by atoms with van der Waals surface area (Å²) in [6.45, 7) is 2.19. The van der Waals surface area contributed by atoms with Crippen LogP contribution in [-0.4, -0.2) is 19.7 Å². The van der Waals surface area contributed by atoms with Crippen LogP contribution in [0.25, 0.3) is 0 Å². The molecule has 0 saturated heterocycles. The van der Waals surface area contributed by atoms with E-state index in [1.54, 1.807) is 25.8 Å². The van der Waals surface area contributed by atoms with Crippen molar-refractivity contribution in [3.8, 4) is 5.75 Å². The molecule has 0 bridgehead atoms. The zero-order chi connectivity index (χ0) is 15.2. The second kappa shape index (κ2) is 7.70. The number of rotatable bonds is 5. The van der Waals surface area contributed by atoms with Crippen molar-refractivity contribution in [1.82, 2.24) is 0 Å². The minimum atomic E-state index is -0.279. The first-order chi connectivity index (χ1) is 10.1. The number of esters is 1. The standard InChI is InChI=1S/C16H15IO3S/c1-3-20-16(18)14-10-13(8-9-15(14)17)21-12-6-4-11(19-2)5-7-12/h4-10H,3H2,1-2H3. The predicted molar refractivity (Wildman–Crippen MR) is 92.2 cm³/mol. The summed E-state index contributed by atoms with van der Waals surface area (Å²) < 4.78 is 11.1. The van der Waals surface area contributed by atoms with Gasteiger partial charge in [-0.15, -0.1) is 0 Å². The number of hydrogen-bond acceptors (Lipinski definition) is 4. The maximum Gasteiger partial charge on any atom is 0.339 e. The minimum absolute atomic E-state index is 0.279. The molecule has 0 spiro atoms. The third-order valence-corrected chi connectivity index (χ3v) is 4.67. The van der Waals surface area contributed by atoms with Crippen LogP contribution in [-0.2, 0) is 4.74 Å². The fraction of sp³-hybridized carbons (Fsp3) is 0.188. The third-order valence-electron chi connectivity index (χ3n) is 2.73. The number of halogens is 1. The summed E-state index contributed by atoms with van der Waals surface area (Å²) >= 11 is 3.74. The van der Waals surface area contributed by atoms with Crippen molar-refractivity contribution in [1.29, 1.82) is 0 Å². The molecule has 0 radical (unpaired) electrons. The molecular formula is C16H15IO3S. The lowest BCUT2D eigenvalue weighted by atomic mass is 10.2. The molecule has 0 heterocycles. The first kappa shape index (κ1) is 16.2. The van der Waals surface area contributed by atoms with E-state index in [1.807, 2.05) is 42.5 Å². The highest BCUT2D eigenvalue weighted by Gasteiger charge is 2.12. The Morgan fingerprint density at radius 3 is 2.43 bits per heavy atom. The quantitative estimate of drug-likeness (QED) is 0.528. The molecule has 0 aromatic heterocycles.